The minimum Gasteiger partial charge on any atom is -0.313 e. The van der Waals surface area contributed by atoms with Gasteiger partial charge in [-0.2, -0.15) is 0 Å². The highest BCUT2D eigenvalue weighted by molar-refractivity contribution is 4.94. The fourth-order valence-corrected chi connectivity index (χ4v) is 2.40. The standard InChI is InChI=1S/C13H24N2/c1-4-9-14-12(3)13-8-6-7-11-15(13)10-5-2/h2,12-14H,4,6-11H2,1,3H3. The number of nitrogens with one attached hydrogen (secondary N) is 1. The molecule has 86 valence electrons. The van der Waals surface area contributed by atoms with Crippen molar-refractivity contribution >= 4 is 0 Å². The summed E-state index contributed by atoms with van der Waals surface area (Å²) in [5.74, 6) is 2.78. The minimum absolute atomic E-state index is 0.568. The van der Waals surface area contributed by atoms with E-state index in [9.17, 15) is 0 Å². The van der Waals surface area contributed by atoms with Crippen molar-refractivity contribution in [2.75, 3.05) is 19.6 Å². The van der Waals surface area contributed by atoms with Gasteiger partial charge < -0.3 is 5.32 Å². The summed E-state index contributed by atoms with van der Waals surface area (Å²) in [6.07, 6.45) is 10.6. The summed E-state index contributed by atoms with van der Waals surface area (Å²) < 4.78 is 0. The van der Waals surface area contributed by atoms with Crippen LogP contribution in [0.15, 0.2) is 0 Å². The minimum atomic E-state index is 0.568. The molecule has 1 rings (SSSR count). The normalized spacial score (nSPS) is 24.7. The Labute approximate surface area is 94.4 Å². The van der Waals surface area contributed by atoms with Crippen molar-refractivity contribution in [2.24, 2.45) is 0 Å². The van der Waals surface area contributed by atoms with Gasteiger partial charge in [-0.15, -0.1) is 6.42 Å². The maximum Gasteiger partial charge on any atom is 0.0601 e. The molecule has 0 aromatic heterocycles. The van der Waals surface area contributed by atoms with Gasteiger partial charge in [0.05, 0.1) is 6.54 Å². The van der Waals surface area contributed by atoms with Crippen molar-refractivity contribution in [2.45, 2.75) is 51.6 Å². The van der Waals surface area contributed by atoms with E-state index in [1.165, 1.54) is 32.2 Å². The van der Waals surface area contributed by atoms with Gasteiger partial charge in [-0.1, -0.05) is 19.3 Å². The largest absolute Gasteiger partial charge is 0.313 e. The molecule has 0 radical (unpaired) electrons. The fourth-order valence-electron chi connectivity index (χ4n) is 2.40. The van der Waals surface area contributed by atoms with Gasteiger partial charge in [0.2, 0.25) is 0 Å². The van der Waals surface area contributed by atoms with Gasteiger partial charge in [0.25, 0.3) is 0 Å². The smallest absolute Gasteiger partial charge is 0.0601 e. The predicted octanol–water partition coefficient (Wildman–Crippen LogP) is 1.86. The third kappa shape index (κ3) is 3.85. The van der Waals surface area contributed by atoms with Crippen LogP contribution in [0.4, 0.5) is 0 Å². The number of hydrogen-bond donors (Lipinski definition) is 1. The van der Waals surface area contributed by atoms with Gasteiger partial charge in [-0.3, -0.25) is 4.90 Å². The van der Waals surface area contributed by atoms with E-state index in [0.717, 1.165) is 13.1 Å². The van der Waals surface area contributed by atoms with Crippen LogP contribution in [0.5, 0.6) is 0 Å². The first-order chi connectivity index (χ1) is 7.29. The first kappa shape index (κ1) is 12.5. The molecule has 0 aliphatic carbocycles. The number of piperidine rings is 1. The molecule has 0 aromatic rings. The molecule has 2 atom stereocenters. The van der Waals surface area contributed by atoms with Crippen LogP contribution in [-0.4, -0.2) is 36.6 Å². The van der Waals surface area contributed by atoms with Crippen LogP contribution in [0, 0.1) is 12.3 Å². The van der Waals surface area contributed by atoms with Gasteiger partial charge in [-0.25, -0.2) is 0 Å². The monoisotopic (exact) mass is 208 g/mol. The third-order valence-corrected chi connectivity index (χ3v) is 3.25. The van der Waals surface area contributed by atoms with Crippen molar-refractivity contribution in [3.05, 3.63) is 0 Å². The molecular weight excluding hydrogens is 184 g/mol. The van der Waals surface area contributed by atoms with Gasteiger partial charge in [0, 0.05) is 12.1 Å². The molecule has 1 aliphatic rings. The van der Waals surface area contributed by atoms with Crippen molar-refractivity contribution in [3.63, 3.8) is 0 Å². The average Bonchev–Trinajstić information content (AvgIpc) is 2.27. The average molecular weight is 208 g/mol. The van der Waals surface area contributed by atoms with Crippen LogP contribution >= 0.6 is 0 Å². The Bertz CT molecular complexity index is 207. The molecular formula is C13H24N2. The second-order valence-corrected chi connectivity index (χ2v) is 4.48. The van der Waals surface area contributed by atoms with Gasteiger partial charge in [0.15, 0.2) is 0 Å². The maximum atomic E-state index is 5.41. The summed E-state index contributed by atoms with van der Waals surface area (Å²) in [6.45, 7) is 7.59. The van der Waals surface area contributed by atoms with Crippen molar-refractivity contribution in [1.82, 2.24) is 10.2 Å². The summed E-state index contributed by atoms with van der Waals surface area (Å²) >= 11 is 0. The summed E-state index contributed by atoms with van der Waals surface area (Å²) in [5.41, 5.74) is 0. The van der Waals surface area contributed by atoms with E-state index in [0.29, 0.717) is 12.1 Å². The molecule has 0 spiro atoms. The van der Waals surface area contributed by atoms with Crippen molar-refractivity contribution in [1.29, 1.82) is 0 Å². The molecule has 0 bridgehead atoms. The van der Waals surface area contributed by atoms with Crippen LogP contribution in [0.25, 0.3) is 0 Å². The van der Waals surface area contributed by atoms with E-state index in [4.69, 9.17) is 6.42 Å². The Hall–Kier alpha value is -0.520. The van der Waals surface area contributed by atoms with E-state index in [1.807, 2.05) is 0 Å². The molecule has 0 aromatic carbocycles. The second kappa shape index (κ2) is 6.87. The topological polar surface area (TPSA) is 15.3 Å². The zero-order valence-corrected chi connectivity index (χ0v) is 10.1. The molecule has 2 nitrogen and oxygen atoms in total. The molecule has 1 heterocycles. The Morgan fingerprint density at radius 2 is 2.33 bits per heavy atom. The van der Waals surface area contributed by atoms with Crippen LogP contribution in [0.1, 0.15) is 39.5 Å². The number of hydrogen-bond acceptors (Lipinski definition) is 2. The molecule has 15 heavy (non-hydrogen) atoms. The van der Waals surface area contributed by atoms with E-state index < -0.39 is 0 Å². The zero-order valence-electron chi connectivity index (χ0n) is 10.1. The lowest BCUT2D eigenvalue weighted by atomic mass is 9.96. The third-order valence-electron chi connectivity index (χ3n) is 3.25. The predicted molar refractivity (Wildman–Crippen MR) is 65.8 cm³/mol. The molecule has 1 fully saturated rings. The number of terminal acetylenes is 1. The van der Waals surface area contributed by atoms with Crippen molar-refractivity contribution in [3.8, 4) is 12.3 Å². The molecule has 0 amide bonds. The van der Waals surface area contributed by atoms with Crippen molar-refractivity contribution < 1.29 is 0 Å². The molecule has 1 N–H and O–H groups in total. The van der Waals surface area contributed by atoms with Crippen LogP contribution in [0.3, 0.4) is 0 Å². The van der Waals surface area contributed by atoms with E-state index in [1.54, 1.807) is 0 Å². The molecule has 0 saturated carbocycles. The van der Waals surface area contributed by atoms with Crippen LogP contribution in [0.2, 0.25) is 0 Å². The fraction of sp³-hybridized carbons (Fsp3) is 0.846. The van der Waals surface area contributed by atoms with E-state index in [-0.39, 0.29) is 0 Å². The number of rotatable bonds is 5. The van der Waals surface area contributed by atoms with Gasteiger partial charge in [-0.05, 0) is 39.3 Å². The molecule has 1 aliphatic heterocycles. The zero-order chi connectivity index (χ0) is 11.1. The Morgan fingerprint density at radius 1 is 1.53 bits per heavy atom. The van der Waals surface area contributed by atoms with Gasteiger partial charge in [0.1, 0.15) is 0 Å². The highest BCUT2D eigenvalue weighted by Gasteiger charge is 2.25. The van der Waals surface area contributed by atoms with E-state index >= 15 is 0 Å². The van der Waals surface area contributed by atoms with E-state index in [2.05, 4.69) is 30.0 Å². The van der Waals surface area contributed by atoms with Crippen LogP contribution in [-0.2, 0) is 0 Å². The lowest BCUT2D eigenvalue weighted by Gasteiger charge is -2.38. The number of nitrogens with zero attached hydrogens (tertiary/aromatic N) is 1. The SMILES string of the molecule is C#CCN1CCCCC1C(C)NCCC. The lowest BCUT2D eigenvalue weighted by molar-refractivity contribution is 0.136. The lowest BCUT2D eigenvalue weighted by Crippen LogP contribution is -2.51. The van der Waals surface area contributed by atoms with Crippen LogP contribution < -0.4 is 5.32 Å². The second-order valence-electron chi connectivity index (χ2n) is 4.48. The Morgan fingerprint density at radius 3 is 3.00 bits per heavy atom. The first-order valence-electron chi connectivity index (χ1n) is 6.20. The Kier molecular flexibility index (Phi) is 5.75. The summed E-state index contributed by atoms with van der Waals surface area (Å²) in [5, 5.41) is 3.58. The summed E-state index contributed by atoms with van der Waals surface area (Å²) in [4.78, 5) is 2.46. The first-order valence-corrected chi connectivity index (χ1v) is 6.20. The highest BCUT2D eigenvalue weighted by Crippen LogP contribution is 2.19. The quantitative estimate of drug-likeness (QED) is 0.694. The summed E-state index contributed by atoms with van der Waals surface area (Å²) in [6, 6.07) is 1.21. The Balaban J connectivity index is 2.44. The van der Waals surface area contributed by atoms with Gasteiger partial charge >= 0.3 is 0 Å². The summed E-state index contributed by atoms with van der Waals surface area (Å²) in [7, 11) is 0. The highest BCUT2D eigenvalue weighted by atomic mass is 15.2. The molecule has 2 unspecified atom stereocenters. The number of likely N-dealkylation sites (tertiary alicyclic amines) is 1. The molecule has 1 saturated heterocycles. The molecule has 2 heteroatoms. The maximum absolute atomic E-state index is 5.41.